The van der Waals surface area contributed by atoms with E-state index in [0.717, 1.165) is 36.9 Å². The van der Waals surface area contributed by atoms with Crippen molar-refractivity contribution in [3.8, 4) is 0 Å². The minimum absolute atomic E-state index is 0.303. The number of likely N-dealkylation sites (tertiary alicyclic amines) is 1. The predicted molar refractivity (Wildman–Crippen MR) is 79.8 cm³/mol. The van der Waals surface area contributed by atoms with Gasteiger partial charge in [0, 0.05) is 30.9 Å². The summed E-state index contributed by atoms with van der Waals surface area (Å²) in [6.45, 7) is 7.66. The lowest BCUT2D eigenvalue weighted by Gasteiger charge is -2.33. The van der Waals surface area contributed by atoms with Crippen molar-refractivity contribution < 1.29 is 0 Å². The lowest BCUT2D eigenvalue weighted by atomic mass is 10.0. The maximum atomic E-state index is 5.80. The third-order valence-corrected chi connectivity index (χ3v) is 3.98. The van der Waals surface area contributed by atoms with Gasteiger partial charge in [-0.25, -0.2) is 9.97 Å². The zero-order valence-corrected chi connectivity index (χ0v) is 12.6. The molecule has 1 saturated heterocycles. The van der Waals surface area contributed by atoms with Crippen molar-refractivity contribution in [3.63, 3.8) is 0 Å². The van der Waals surface area contributed by atoms with Crippen LogP contribution >= 0.6 is 11.6 Å². The highest BCUT2D eigenvalue weighted by atomic mass is 35.5. The summed E-state index contributed by atoms with van der Waals surface area (Å²) in [6.07, 6.45) is 6.96. The van der Waals surface area contributed by atoms with Crippen LogP contribution < -0.4 is 5.32 Å². The lowest BCUT2D eigenvalue weighted by Crippen LogP contribution is -2.38. The zero-order chi connectivity index (χ0) is 13.7. The number of aromatic nitrogens is 2. The molecule has 19 heavy (non-hydrogen) atoms. The molecule has 0 aromatic carbocycles. The van der Waals surface area contributed by atoms with Gasteiger partial charge < -0.3 is 10.2 Å². The maximum absolute atomic E-state index is 5.80. The molecule has 1 atom stereocenters. The first-order chi connectivity index (χ1) is 9.16. The van der Waals surface area contributed by atoms with E-state index in [-0.39, 0.29) is 0 Å². The maximum Gasteiger partial charge on any atom is 0.224 e. The fourth-order valence-corrected chi connectivity index (χ4v) is 2.71. The fourth-order valence-electron chi connectivity index (χ4n) is 2.58. The van der Waals surface area contributed by atoms with E-state index in [1.807, 2.05) is 6.92 Å². The van der Waals surface area contributed by atoms with Gasteiger partial charge in [-0.05, 0) is 51.3 Å². The van der Waals surface area contributed by atoms with Gasteiger partial charge in [0.25, 0.3) is 0 Å². The third-order valence-electron chi connectivity index (χ3n) is 3.80. The van der Waals surface area contributed by atoms with Gasteiger partial charge in [-0.15, -0.1) is 0 Å². The van der Waals surface area contributed by atoms with E-state index < -0.39 is 0 Å². The summed E-state index contributed by atoms with van der Waals surface area (Å²) in [4.78, 5) is 10.7. The molecule has 1 unspecified atom stereocenters. The van der Waals surface area contributed by atoms with Crippen LogP contribution in [0.25, 0.3) is 0 Å². The molecule has 5 heteroatoms. The first-order valence-electron chi connectivity index (χ1n) is 7.14. The molecule has 2 rings (SSSR count). The Morgan fingerprint density at radius 2 is 2.32 bits per heavy atom. The Kier molecular flexibility index (Phi) is 5.40. The topological polar surface area (TPSA) is 41.1 Å². The van der Waals surface area contributed by atoms with E-state index >= 15 is 0 Å². The molecule has 0 spiro atoms. The van der Waals surface area contributed by atoms with Gasteiger partial charge >= 0.3 is 0 Å². The normalized spacial score (nSPS) is 20.5. The average Bonchev–Trinajstić information content (AvgIpc) is 2.40. The standard InChI is InChI=1S/C14H23ClN4/c1-11-10-17-14(15)18-13(11)16-7-5-9-19-8-4-3-6-12(19)2/h10,12H,3-9H2,1-2H3,(H,16,17,18). The van der Waals surface area contributed by atoms with Crippen LogP contribution in [0.4, 0.5) is 5.82 Å². The van der Waals surface area contributed by atoms with E-state index in [9.17, 15) is 0 Å². The second-order valence-corrected chi connectivity index (χ2v) is 5.67. The largest absolute Gasteiger partial charge is 0.370 e. The Balaban J connectivity index is 1.73. The van der Waals surface area contributed by atoms with Crippen molar-refractivity contribution in [2.45, 2.75) is 45.6 Å². The molecule has 1 aromatic heterocycles. The number of nitrogens with zero attached hydrogens (tertiary/aromatic N) is 3. The Morgan fingerprint density at radius 1 is 1.47 bits per heavy atom. The summed E-state index contributed by atoms with van der Waals surface area (Å²) >= 11 is 5.80. The summed E-state index contributed by atoms with van der Waals surface area (Å²) in [5.74, 6) is 0.853. The number of hydrogen-bond acceptors (Lipinski definition) is 4. The molecule has 0 aliphatic carbocycles. The minimum atomic E-state index is 0.303. The molecular weight excluding hydrogens is 260 g/mol. The van der Waals surface area contributed by atoms with Gasteiger partial charge in [-0.2, -0.15) is 0 Å². The van der Waals surface area contributed by atoms with Crippen LogP contribution in [-0.2, 0) is 0 Å². The second-order valence-electron chi connectivity index (χ2n) is 5.33. The number of rotatable bonds is 5. The van der Waals surface area contributed by atoms with E-state index in [1.54, 1.807) is 6.20 Å². The van der Waals surface area contributed by atoms with E-state index in [2.05, 4.69) is 27.1 Å². The van der Waals surface area contributed by atoms with Gasteiger partial charge in [-0.3, -0.25) is 0 Å². The number of aryl methyl sites for hydroxylation is 1. The molecule has 1 N–H and O–H groups in total. The lowest BCUT2D eigenvalue weighted by molar-refractivity contribution is 0.160. The van der Waals surface area contributed by atoms with Crippen LogP contribution in [0.3, 0.4) is 0 Å². The summed E-state index contributed by atoms with van der Waals surface area (Å²) < 4.78 is 0. The summed E-state index contributed by atoms with van der Waals surface area (Å²) in [5, 5.41) is 3.65. The van der Waals surface area contributed by atoms with Crippen LogP contribution in [0.5, 0.6) is 0 Å². The van der Waals surface area contributed by atoms with E-state index in [0.29, 0.717) is 5.28 Å². The fraction of sp³-hybridized carbons (Fsp3) is 0.714. The SMILES string of the molecule is Cc1cnc(Cl)nc1NCCCN1CCCCC1C. The van der Waals surface area contributed by atoms with Gasteiger partial charge in [-0.1, -0.05) is 6.42 Å². The number of halogens is 1. The average molecular weight is 283 g/mol. The molecule has 0 amide bonds. The molecule has 2 heterocycles. The molecule has 1 aliphatic rings. The van der Waals surface area contributed by atoms with Crippen LogP contribution in [0, 0.1) is 6.92 Å². The molecule has 0 saturated carbocycles. The first kappa shape index (κ1) is 14.5. The van der Waals surface area contributed by atoms with Crippen molar-refractivity contribution in [1.29, 1.82) is 0 Å². The number of hydrogen-bond donors (Lipinski definition) is 1. The van der Waals surface area contributed by atoms with Crippen molar-refractivity contribution in [2.75, 3.05) is 25.0 Å². The molecule has 106 valence electrons. The van der Waals surface area contributed by atoms with Gasteiger partial charge in [0.2, 0.25) is 5.28 Å². The molecular formula is C14H23ClN4. The Morgan fingerprint density at radius 3 is 3.11 bits per heavy atom. The number of piperidine rings is 1. The molecule has 4 nitrogen and oxygen atoms in total. The van der Waals surface area contributed by atoms with Crippen molar-refractivity contribution in [2.24, 2.45) is 0 Å². The number of nitrogens with one attached hydrogen (secondary N) is 1. The minimum Gasteiger partial charge on any atom is -0.370 e. The Labute approximate surface area is 120 Å². The summed E-state index contributed by atoms with van der Waals surface area (Å²) in [7, 11) is 0. The molecule has 1 fully saturated rings. The van der Waals surface area contributed by atoms with E-state index in [1.165, 1.54) is 25.8 Å². The second kappa shape index (κ2) is 7.06. The monoisotopic (exact) mass is 282 g/mol. The predicted octanol–water partition coefficient (Wildman–Crippen LogP) is 3.11. The van der Waals surface area contributed by atoms with Gasteiger partial charge in [0.05, 0.1) is 0 Å². The highest BCUT2D eigenvalue weighted by Crippen LogP contribution is 2.16. The summed E-state index contributed by atoms with van der Waals surface area (Å²) in [6, 6.07) is 0.740. The number of anilines is 1. The van der Waals surface area contributed by atoms with Gasteiger partial charge in [0.1, 0.15) is 5.82 Å². The van der Waals surface area contributed by atoms with Crippen LogP contribution in [-0.4, -0.2) is 40.5 Å². The summed E-state index contributed by atoms with van der Waals surface area (Å²) in [5.41, 5.74) is 1.04. The van der Waals surface area contributed by atoms with E-state index in [4.69, 9.17) is 11.6 Å². The van der Waals surface area contributed by atoms with Crippen molar-refractivity contribution >= 4 is 17.4 Å². The highest BCUT2D eigenvalue weighted by Gasteiger charge is 2.17. The van der Waals surface area contributed by atoms with Gasteiger partial charge in [0.15, 0.2) is 0 Å². The molecule has 1 aliphatic heterocycles. The Bertz CT molecular complexity index is 410. The van der Waals surface area contributed by atoms with Crippen molar-refractivity contribution in [3.05, 3.63) is 17.0 Å². The third kappa shape index (κ3) is 4.32. The van der Waals surface area contributed by atoms with Crippen LogP contribution in [0.2, 0.25) is 5.28 Å². The zero-order valence-electron chi connectivity index (χ0n) is 11.8. The Hall–Kier alpha value is -0.870. The first-order valence-corrected chi connectivity index (χ1v) is 7.51. The quantitative estimate of drug-likeness (QED) is 0.665. The van der Waals surface area contributed by atoms with Crippen LogP contribution in [0.15, 0.2) is 6.20 Å². The molecule has 1 aromatic rings. The smallest absolute Gasteiger partial charge is 0.224 e. The highest BCUT2D eigenvalue weighted by molar-refractivity contribution is 6.28. The van der Waals surface area contributed by atoms with Crippen LogP contribution in [0.1, 0.15) is 38.2 Å². The molecule has 0 bridgehead atoms. The molecule has 0 radical (unpaired) electrons. The van der Waals surface area contributed by atoms with Crippen molar-refractivity contribution in [1.82, 2.24) is 14.9 Å².